The van der Waals surface area contributed by atoms with Gasteiger partial charge in [0.05, 0.1) is 38.2 Å². The average Bonchev–Trinajstić information content (AvgIpc) is 3.03. The lowest BCUT2D eigenvalue weighted by Gasteiger charge is -2.38. The van der Waals surface area contributed by atoms with E-state index in [9.17, 15) is 9.90 Å². The normalized spacial score (nSPS) is 21.3. The maximum absolute atomic E-state index is 12.3. The van der Waals surface area contributed by atoms with Crippen LogP contribution in [0.3, 0.4) is 0 Å². The third-order valence-corrected chi connectivity index (χ3v) is 4.17. The fraction of sp³-hybridized carbons (Fsp3) is 0.438. The van der Waals surface area contributed by atoms with E-state index in [-0.39, 0.29) is 30.4 Å². The SMILES string of the molecule is COc1cncc(C(NC(=O)Cc2cnc[nH]2)C2CC(O)C2)c1. The van der Waals surface area contributed by atoms with Crippen molar-refractivity contribution in [2.45, 2.75) is 31.4 Å². The van der Waals surface area contributed by atoms with Crippen LogP contribution < -0.4 is 10.1 Å². The molecule has 0 aromatic carbocycles. The molecule has 122 valence electrons. The molecule has 1 fully saturated rings. The first-order valence-corrected chi connectivity index (χ1v) is 7.59. The van der Waals surface area contributed by atoms with Crippen molar-refractivity contribution < 1.29 is 14.6 Å². The first-order valence-electron chi connectivity index (χ1n) is 7.59. The van der Waals surface area contributed by atoms with Crippen LogP contribution in [0.1, 0.15) is 30.1 Å². The van der Waals surface area contributed by atoms with Gasteiger partial charge in [0, 0.05) is 18.1 Å². The fourth-order valence-electron chi connectivity index (χ4n) is 2.87. The number of hydrogen-bond acceptors (Lipinski definition) is 5. The predicted molar refractivity (Wildman–Crippen MR) is 82.7 cm³/mol. The van der Waals surface area contributed by atoms with Gasteiger partial charge in [0.2, 0.25) is 5.91 Å². The predicted octanol–water partition coefficient (Wildman–Crippen LogP) is 0.984. The third kappa shape index (κ3) is 3.68. The summed E-state index contributed by atoms with van der Waals surface area (Å²) in [5.41, 5.74) is 1.65. The second kappa shape index (κ2) is 6.78. The summed E-state index contributed by atoms with van der Waals surface area (Å²) in [6, 6.07) is 1.69. The van der Waals surface area contributed by atoms with E-state index in [0.717, 1.165) is 11.3 Å². The number of nitrogens with zero attached hydrogens (tertiary/aromatic N) is 2. The van der Waals surface area contributed by atoms with Gasteiger partial charge < -0.3 is 20.1 Å². The Morgan fingerprint density at radius 1 is 1.43 bits per heavy atom. The van der Waals surface area contributed by atoms with E-state index in [0.29, 0.717) is 18.6 Å². The maximum Gasteiger partial charge on any atom is 0.226 e. The van der Waals surface area contributed by atoms with Crippen molar-refractivity contribution in [2.24, 2.45) is 5.92 Å². The van der Waals surface area contributed by atoms with Gasteiger partial charge in [-0.3, -0.25) is 9.78 Å². The number of aromatic amines is 1. The number of pyridine rings is 1. The van der Waals surface area contributed by atoms with Crippen molar-refractivity contribution in [3.8, 4) is 5.75 Å². The summed E-state index contributed by atoms with van der Waals surface area (Å²) >= 11 is 0. The number of aromatic nitrogens is 3. The van der Waals surface area contributed by atoms with Crippen molar-refractivity contribution in [1.29, 1.82) is 0 Å². The van der Waals surface area contributed by atoms with E-state index in [2.05, 4.69) is 20.3 Å². The summed E-state index contributed by atoms with van der Waals surface area (Å²) < 4.78 is 5.21. The molecule has 7 nitrogen and oxygen atoms in total. The number of nitrogens with one attached hydrogen (secondary N) is 2. The standard InChI is InChI=1S/C16H20N4O3/c1-23-14-4-11(6-17-8-14)16(10-2-13(21)3-10)20-15(22)5-12-7-18-9-19-12/h4,6-10,13,16,21H,2-3,5H2,1H3,(H,18,19)(H,20,22). The first kappa shape index (κ1) is 15.5. The highest BCUT2D eigenvalue weighted by molar-refractivity contribution is 5.78. The van der Waals surface area contributed by atoms with Gasteiger partial charge in [0.15, 0.2) is 0 Å². The monoisotopic (exact) mass is 316 g/mol. The van der Waals surface area contributed by atoms with Crippen molar-refractivity contribution in [3.05, 3.63) is 42.2 Å². The van der Waals surface area contributed by atoms with Crippen molar-refractivity contribution in [1.82, 2.24) is 20.3 Å². The van der Waals surface area contributed by atoms with Crippen LogP contribution >= 0.6 is 0 Å². The summed E-state index contributed by atoms with van der Waals surface area (Å²) in [6.45, 7) is 0. The lowest BCUT2D eigenvalue weighted by atomic mass is 9.75. The molecule has 3 N–H and O–H groups in total. The number of rotatable bonds is 6. The molecule has 23 heavy (non-hydrogen) atoms. The van der Waals surface area contributed by atoms with Gasteiger partial charge in [-0.05, 0) is 30.4 Å². The van der Waals surface area contributed by atoms with E-state index in [1.807, 2.05) is 6.07 Å². The molecule has 3 rings (SSSR count). The van der Waals surface area contributed by atoms with Crippen LogP contribution in [0.15, 0.2) is 31.0 Å². The average molecular weight is 316 g/mol. The number of H-pyrrole nitrogens is 1. The Morgan fingerprint density at radius 3 is 2.91 bits per heavy atom. The lowest BCUT2D eigenvalue weighted by molar-refractivity contribution is -0.122. The van der Waals surface area contributed by atoms with Crippen molar-refractivity contribution >= 4 is 5.91 Å². The zero-order valence-electron chi connectivity index (χ0n) is 12.9. The Morgan fingerprint density at radius 2 is 2.26 bits per heavy atom. The van der Waals surface area contributed by atoms with Gasteiger partial charge in [0.25, 0.3) is 0 Å². The van der Waals surface area contributed by atoms with E-state index in [1.165, 1.54) is 0 Å². The highest BCUT2D eigenvalue weighted by atomic mass is 16.5. The van der Waals surface area contributed by atoms with Crippen LogP contribution in [0, 0.1) is 5.92 Å². The number of methoxy groups -OCH3 is 1. The van der Waals surface area contributed by atoms with Gasteiger partial charge in [-0.1, -0.05) is 0 Å². The van der Waals surface area contributed by atoms with Gasteiger partial charge >= 0.3 is 0 Å². The molecule has 0 spiro atoms. The van der Waals surface area contributed by atoms with Gasteiger partial charge in [-0.25, -0.2) is 4.98 Å². The smallest absolute Gasteiger partial charge is 0.226 e. The Kier molecular flexibility index (Phi) is 4.57. The molecule has 0 bridgehead atoms. The van der Waals surface area contributed by atoms with E-state index >= 15 is 0 Å². The van der Waals surface area contributed by atoms with E-state index in [4.69, 9.17) is 4.74 Å². The number of carbonyl (C=O) groups is 1. The fourth-order valence-corrected chi connectivity index (χ4v) is 2.87. The van der Waals surface area contributed by atoms with Crippen LogP contribution in [-0.4, -0.2) is 39.2 Å². The largest absolute Gasteiger partial charge is 0.495 e. The molecule has 0 saturated heterocycles. The van der Waals surface area contributed by atoms with Crippen LogP contribution in [0.5, 0.6) is 5.75 Å². The minimum absolute atomic E-state index is 0.0940. The third-order valence-electron chi connectivity index (χ3n) is 4.17. The molecule has 1 aliphatic rings. The highest BCUT2D eigenvalue weighted by Crippen LogP contribution is 2.38. The minimum atomic E-state index is -0.287. The minimum Gasteiger partial charge on any atom is -0.495 e. The van der Waals surface area contributed by atoms with Gasteiger partial charge in [-0.15, -0.1) is 0 Å². The Labute approximate surface area is 134 Å². The molecule has 2 aromatic heterocycles. The molecule has 1 unspecified atom stereocenters. The highest BCUT2D eigenvalue weighted by Gasteiger charge is 2.36. The Hall–Kier alpha value is -2.41. The Bertz CT molecular complexity index is 653. The van der Waals surface area contributed by atoms with Crippen LogP contribution in [-0.2, 0) is 11.2 Å². The number of carbonyl (C=O) groups excluding carboxylic acids is 1. The molecular formula is C16H20N4O3. The van der Waals surface area contributed by atoms with Crippen molar-refractivity contribution in [3.63, 3.8) is 0 Å². The molecule has 0 aliphatic heterocycles. The lowest BCUT2D eigenvalue weighted by Crippen LogP contribution is -2.42. The Balaban J connectivity index is 1.74. The molecule has 2 aromatic rings. The zero-order valence-corrected chi connectivity index (χ0v) is 12.9. The van der Waals surface area contributed by atoms with Crippen LogP contribution in [0.25, 0.3) is 0 Å². The molecule has 1 amide bonds. The summed E-state index contributed by atoms with van der Waals surface area (Å²) in [7, 11) is 1.58. The van der Waals surface area contributed by atoms with Crippen LogP contribution in [0.4, 0.5) is 0 Å². The summed E-state index contributed by atoms with van der Waals surface area (Å²) in [5, 5.41) is 12.6. The van der Waals surface area contributed by atoms with Gasteiger partial charge in [0.1, 0.15) is 5.75 Å². The quantitative estimate of drug-likeness (QED) is 0.738. The molecule has 2 heterocycles. The number of aliphatic hydroxyl groups is 1. The summed E-state index contributed by atoms with van der Waals surface area (Å²) in [6.07, 6.45) is 7.84. The molecular weight excluding hydrogens is 296 g/mol. The second-order valence-electron chi connectivity index (χ2n) is 5.84. The summed E-state index contributed by atoms with van der Waals surface area (Å²) in [4.78, 5) is 23.3. The van der Waals surface area contributed by atoms with Crippen molar-refractivity contribution in [2.75, 3.05) is 7.11 Å². The van der Waals surface area contributed by atoms with E-state index in [1.54, 1.807) is 32.0 Å². The zero-order chi connectivity index (χ0) is 16.2. The molecule has 1 saturated carbocycles. The van der Waals surface area contributed by atoms with Crippen LogP contribution in [0.2, 0.25) is 0 Å². The maximum atomic E-state index is 12.3. The number of hydrogen-bond donors (Lipinski definition) is 3. The number of amides is 1. The number of ether oxygens (including phenoxy) is 1. The molecule has 1 aliphatic carbocycles. The van der Waals surface area contributed by atoms with Gasteiger partial charge in [-0.2, -0.15) is 0 Å². The van der Waals surface area contributed by atoms with E-state index < -0.39 is 0 Å². The second-order valence-corrected chi connectivity index (χ2v) is 5.84. The topological polar surface area (TPSA) is 100 Å². The molecule has 7 heteroatoms. The summed E-state index contributed by atoms with van der Waals surface area (Å²) in [5.74, 6) is 0.753. The number of aliphatic hydroxyl groups excluding tert-OH is 1. The molecule has 0 radical (unpaired) electrons. The molecule has 1 atom stereocenters. The first-order chi connectivity index (χ1) is 11.2. The number of imidazole rings is 1.